The minimum atomic E-state index is -1.11. The zero-order valence-corrected chi connectivity index (χ0v) is 14.8. The Balaban J connectivity index is 2.05. The standard InChI is InChI=1S/C19H26O6/c1-3-5-12-22-17(20)15-16(18(21)23-13-6-4-2)25-19(24-15)14-10-8-7-9-11-14/h7-11,15-16,19H,3-6,12-13H2,1-2H3/t15-,16-/m1/s1. The molecule has 1 heterocycles. The SMILES string of the molecule is CCCCOC(=O)[C@@H]1OC(c2ccccc2)O[C@H]1C(=O)OCCCC. The summed E-state index contributed by atoms with van der Waals surface area (Å²) in [5.41, 5.74) is 0.734. The molecule has 2 rings (SSSR count). The van der Waals surface area contributed by atoms with Crippen LogP contribution in [-0.2, 0) is 28.5 Å². The highest BCUT2D eigenvalue weighted by molar-refractivity contribution is 5.86. The number of hydrogen-bond acceptors (Lipinski definition) is 6. The summed E-state index contributed by atoms with van der Waals surface area (Å²) < 4.78 is 21.8. The Labute approximate surface area is 148 Å². The van der Waals surface area contributed by atoms with Crippen molar-refractivity contribution in [3.63, 3.8) is 0 Å². The number of ether oxygens (including phenoxy) is 4. The first-order valence-corrected chi connectivity index (χ1v) is 8.86. The van der Waals surface area contributed by atoms with Gasteiger partial charge in [0, 0.05) is 5.56 Å². The van der Waals surface area contributed by atoms with E-state index >= 15 is 0 Å². The van der Waals surface area contributed by atoms with Crippen LogP contribution in [0.3, 0.4) is 0 Å². The minimum absolute atomic E-state index is 0.294. The first-order chi connectivity index (χ1) is 12.2. The average Bonchev–Trinajstić information content (AvgIpc) is 3.08. The van der Waals surface area contributed by atoms with Gasteiger partial charge in [0.1, 0.15) is 0 Å². The summed E-state index contributed by atoms with van der Waals surface area (Å²) in [6.07, 6.45) is 0.301. The molecule has 25 heavy (non-hydrogen) atoms. The summed E-state index contributed by atoms with van der Waals surface area (Å²) in [4.78, 5) is 24.6. The van der Waals surface area contributed by atoms with Crippen LogP contribution in [0.25, 0.3) is 0 Å². The largest absolute Gasteiger partial charge is 0.464 e. The lowest BCUT2D eigenvalue weighted by Crippen LogP contribution is -2.39. The lowest BCUT2D eigenvalue weighted by molar-refractivity contribution is -0.163. The van der Waals surface area contributed by atoms with Crippen LogP contribution in [0.2, 0.25) is 0 Å². The first kappa shape index (κ1) is 19.4. The molecule has 0 unspecified atom stereocenters. The van der Waals surface area contributed by atoms with Crippen molar-refractivity contribution < 1.29 is 28.5 Å². The lowest BCUT2D eigenvalue weighted by atomic mass is 10.2. The third-order valence-corrected chi connectivity index (χ3v) is 3.84. The van der Waals surface area contributed by atoms with E-state index in [0.29, 0.717) is 13.2 Å². The second-order valence-electron chi connectivity index (χ2n) is 5.90. The Hall–Kier alpha value is -1.92. The number of carbonyl (C=O) groups is 2. The van der Waals surface area contributed by atoms with Crippen molar-refractivity contribution in [2.75, 3.05) is 13.2 Å². The summed E-state index contributed by atoms with van der Waals surface area (Å²) in [7, 11) is 0. The molecular weight excluding hydrogens is 324 g/mol. The number of esters is 2. The molecule has 0 bridgehead atoms. The van der Waals surface area contributed by atoms with Crippen LogP contribution in [0.15, 0.2) is 30.3 Å². The monoisotopic (exact) mass is 350 g/mol. The van der Waals surface area contributed by atoms with E-state index in [1.165, 1.54) is 0 Å². The van der Waals surface area contributed by atoms with E-state index in [-0.39, 0.29) is 0 Å². The maximum atomic E-state index is 12.3. The molecule has 0 amide bonds. The molecule has 0 saturated carbocycles. The molecule has 1 aromatic rings. The molecule has 1 aliphatic heterocycles. The van der Waals surface area contributed by atoms with Crippen molar-refractivity contribution in [3.05, 3.63) is 35.9 Å². The molecule has 0 aliphatic carbocycles. The highest BCUT2D eigenvalue weighted by atomic mass is 16.8. The van der Waals surface area contributed by atoms with Crippen molar-refractivity contribution >= 4 is 11.9 Å². The van der Waals surface area contributed by atoms with Gasteiger partial charge in [0.05, 0.1) is 13.2 Å². The highest BCUT2D eigenvalue weighted by Gasteiger charge is 2.47. The van der Waals surface area contributed by atoms with Gasteiger partial charge in [0.2, 0.25) is 0 Å². The Kier molecular flexibility index (Phi) is 7.88. The van der Waals surface area contributed by atoms with Gasteiger partial charge in [-0.3, -0.25) is 0 Å². The fourth-order valence-electron chi connectivity index (χ4n) is 2.37. The Morgan fingerprint density at radius 3 is 1.80 bits per heavy atom. The van der Waals surface area contributed by atoms with E-state index in [2.05, 4.69) is 0 Å². The molecule has 0 radical (unpaired) electrons. The number of hydrogen-bond donors (Lipinski definition) is 0. The maximum absolute atomic E-state index is 12.3. The van der Waals surface area contributed by atoms with Gasteiger partial charge in [-0.25, -0.2) is 9.59 Å². The number of rotatable bonds is 9. The fraction of sp³-hybridized carbons (Fsp3) is 0.579. The number of benzene rings is 1. The molecule has 1 saturated heterocycles. The highest BCUT2D eigenvalue weighted by Crippen LogP contribution is 2.32. The minimum Gasteiger partial charge on any atom is -0.464 e. The average molecular weight is 350 g/mol. The predicted octanol–water partition coefficient (Wildman–Crippen LogP) is 3.16. The smallest absolute Gasteiger partial charge is 0.338 e. The van der Waals surface area contributed by atoms with Gasteiger partial charge in [-0.1, -0.05) is 57.0 Å². The van der Waals surface area contributed by atoms with Gasteiger partial charge >= 0.3 is 11.9 Å². The third kappa shape index (κ3) is 5.54. The lowest BCUT2D eigenvalue weighted by Gasteiger charge is -2.14. The van der Waals surface area contributed by atoms with Crippen LogP contribution in [0.5, 0.6) is 0 Å². The zero-order valence-electron chi connectivity index (χ0n) is 14.8. The number of carbonyl (C=O) groups excluding carboxylic acids is 2. The van der Waals surface area contributed by atoms with Crippen LogP contribution in [0, 0.1) is 0 Å². The van der Waals surface area contributed by atoms with Crippen LogP contribution in [-0.4, -0.2) is 37.4 Å². The van der Waals surface area contributed by atoms with Crippen LogP contribution < -0.4 is 0 Å². The van der Waals surface area contributed by atoms with E-state index in [1.807, 2.05) is 44.2 Å². The summed E-state index contributed by atoms with van der Waals surface area (Å²) in [6, 6.07) is 9.17. The van der Waals surface area contributed by atoms with E-state index < -0.39 is 30.4 Å². The Morgan fingerprint density at radius 2 is 1.36 bits per heavy atom. The molecule has 0 spiro atoms. The predicted molar refractivity (Wildman–Crippen MR) is 90.7 cm³/mol. The van der Waals surface area contributed by atoms with Crippen molar-refractivity contribution in [1.82, 2.24) is 0 Å². The summed E-state index contributed by atoms with van der Waals surface area (Å²) in [5, 5.41) is 0. The molecule has 1 aromatic carbocycles. The van der Waals surface area contributed by atoms with Crippen molar-refractivity contribution in [2.45, 2.75) is 58.0 Å². The van der Waals surface area contributed by atoms with Crippen LogP contribution >= 0.6 is 0 Å². The van der Waals surface area contributed by atoms with Gasteiger partial charge in [-0.05, 0) is 12.8 Å². The Bertz CT molecular complexity index is 514. The van der Waals surface area contributed by atoms with Crippen molar-refractivity contribution in [1.29, 1.82) is 0 Å². The number of unbranched alkanes of at least 4 members (excludes halogenated alkanes) is 2. The van der Waals surface area contributed by atoms with Gasteiger partial charge in [-0.2, -0.15) is 0 Å². The third-order valence-electron chi connectivity index (χ3n) is 3.84. The second-order valence-corrected chi connectivity index (χ2v) is 5.90. The molecule has 1 fully saturated rings. The van der Waals surface area contributed by atoms with Gasteiger partial charge in [0.25, 0.3) is 0 Å². The van der Waals surface area contributed by atoms with Gasteiger partial charge < -0.3 is 18.9 Å². The van der Waals surface area contributed by atoms with E-state index in [1.54, 1.807) is 0 Å². The molecule has 6 heteroatoms. The van der Waals surface area contributed by atoms with Crippen LogP contribution in [0.1, 0.15) is 51.4 Å². The zero-order chi connectivity index (χ0) is 18.1. The second kappa shape index (κ2) is 10.2. The fourth-order valence-corrected chi connectivity index (χ4v) is 2.37. The van der Waals surface area contributed by atoms with E-state index in [4.69, 9.17) is 18.9 Å². The van der Waals surface area contributed by atoms with Crippen molar-refractivity contribution in [2.24, 2.45) is 0 Å². The maximum Gasteiger partial charge on any atom is 0.338 e. The molecule has 0 N–H and O–H groups in total. The first-order valence-electron chi connectivity index (χ1n) is 8.86. The van der Waals surface area contributed by atoms with Crippen molar-refractivity contribution in [3.8, 4) is 0 Å². The topological polar surface area (TPSA) is 71.1 Å². The molecular formula is C19H26O6. The quantitative estimate of drug-likeness (QED) is 0.503. The van der Waals surface area contributed by atoms with E-state index in [9.17, 15) is 9.59 Å². The van der Waals surface area contributed by atoms with Gasteiger partial charge in [-0.15, -0.1) is 0 Å². The normalized spacial score (nSPS) is 20.4. The summed E-state index contributed by atoms with van der Waals surface area (Å²) in [5.74, 6) is -1.19. The molecule has 6 nitrogen and oxygen atoms in total. The van der Waals surface area contributed by atoms with E-state index in [0.717, 1.165) is 31.2 Å². The van der Waals surface area contributed by atoms with Crippen LogP contribution in [0.4, 0.5) is 0 Å². The molecule has 2 atom stereocenters. The molecule has 1 aliphatic rings. The Morgan fingerprint density at radius 1 is 0.880 bits per heavy atom. The summed E-state index contributed by atoms with van der Waals surface area (Å²) >= 11 is 0. The summed E-state index contributed by atoms with van der Waals surface area (Å²) in [6.45, 7) is 4.59. The molecule has 138 valence electrons. The van der Waals surface area contributed by atoms with Gasteiger partial charge in [0.15, 0.2) is 18.5 Å². The molecule has 0 aromatic heterocycles.